The van der Waals surface area contributed by atoms with Crippen LogP contribution in [0.15, 0.2) is 54.6 Å². The fourth-order valence-corrected chi connectivity index (χ4v) is 4.48. The van der Waals surface area contributed by atoms with Crippen LogP contribution in [0.4, 0.5) is 22.0 Å². The highest BCUT2D eigenvalue weighted by molar-refractivity contribution is 5.98. The van der Waals surface area contributed by atoms with Crippen molar-refractivity contribution >= 4 is 22.7 Å². The van der Waals surface area contributed by atoms with Gasteiger partial charge < -0.3 is 25.9 Å². The second-order valence-electron chi connectivity index (χ2n) is 9.65. The van der Waals surface area contributed by atoms with Crippen LogP contribution in [-0.4, -0.2) is 46.2 Å². The van der Waals surface area contributed by atoms with Gasteiger partial charge in [0.1, 0.15) is 40.8 Å². The number of alkyl halides is 3. The molecule has 13 heteroatoms. The highest BCUT2D eigenvalue weighted by Crippen LogP contribution is 2.47. The van der Waals surface area contributed by atoms with Gasteiger partial charge in [0.25, 0.3) is 5.91 Å². The molecule has 0 saturated carbocycles. The number of aromatic amines is 1. The van der Waals surface area contributed by atoms with Gasteiger partial charge in [-0.2, -0.15) is 13.2 Å². The number of nitrogens with two attached hydrogens (primary N) is 1. The number of nitrogens with zero attached hydrogens (tertiary/aromatic N) is 1. The molecule has 5 N–H and O–H groups in total. The molecule has 208 valence electrons. The highest BCUT2D eigenvalue weighted by Gasteiger charge is 2.57. The second-order valence-corrected chi connectivity index (χ2v) is 9.65. The van der Waals surface area contributed by atoms with E-state index in [2.05, 4.69) is 9.97 Å². The van der Waals surface area contributed by atoms with Crippen LogP contribution in [0.1, 0.15) is 28.7 Å². The highest BCUT2D eigenvalue weighted by atomic mass is 19.4. The van der Waals surface area contributed by atoms with Gasteiger partial charge in [-0.1, -0.05) is 6.07 Å². The van der Waals surface area contributed by atoms with E-state index in [4.69, 9.17) is 10.5 Å². The molecule has 2 aromatic heterocycles. The molecule has 0 fully saturated rings. The van der Waals surface area contributed by atoms with E-state index >= 15 is 0 Å². The Bertz CT molecular complexity index is 1650. The van der Waals surface area contributed by atoms with Crippen LogP contribution >= 0.6 is 0 Å². The lowest BCUT2D eigenvalue weighted by atomic mass is 9.81. The largest absolute Gasteiger partial charge is 0.489 e. The molecule has 8 nitrogen and oxygen atoms in total. The first-order valence-corrected chi connectivity index (χ1v) is 11.8. The number of nitrogens with one attached hydrogen (secondary N) is 2. The van der Waals surface area contributed by atoms with Crippen molar-refractivity contribution in [3.63, 3.8) is 0 Å². The van der Waals surface area contributed by atoms with Crippen molar-refractivity contribution in [3.05, 3.63) is 83.2 Å². The number of rotatable bonds is 6. The smallest absolute Gasteiger partial charge is 0.424 e. The predicted octanol–water partition coefficient (Wildman–Crippen LogP) is 3.82. The number of aliphatic hydroxyl groups is 1. The zero-order valence-electron chi connectivity index (χ0n) is 20.7. The Labute approximate surface area is 223 Å². The lowest BCUT2D eigenvalue weighted by Gasteiger charge is -2.31. The average molecular weight is 560 g/mol. The van der Waals surface area contributed by atoms with Crippen molar-refractivity contribution in [2.75, 3.05) is 13.2 Å². The van der Waals surface area contributed by atoms with Crippen molar-refractivity contribution < 1.29 is 41.4 Å². The molecule has 0 radical (unpaired) electrons. The van der Waals surface area contributed by atoms with Gasteiger partial charge in [0.05, 0.1) is 12.2 Å². The van der Waals surface area contributed by atoms with Gasteiger partial charge in [0, 0.05) is 22.0 Å². The van der Waals surface area contributed by atoms with Gasteiger partial charge in [-0.15, -0.1) is 0 Å². The van der Waals surface area contributed by atoms with Crippen molar-refractivity contribution in [3.8, 4) is 17.0 Å². The van der Waals surface area contributed by atoms with E-state index < -0.39 is 52.9 Å². The molecule has 2 aromatic carbocycles. The van der Waals surface area contributed by atoms with Crippen molar-refractivity contribution in [1.29, 1.82) is 0 Å². The van der Waals surface area contributed by atoms with Crippen LogP contribution in [0.25, 0.3) is 22.2 Å². The number of carbonyl (C=O) groups is 2. The summed E-state index contributed by atoms with van der Waals surface area (Å²) in [5.74, 6) is -3.27. The number of hydrogen-bond donors (Lipinski definition) is 4. The minimum Gasteiger partial charge on any atom is -0.489 e. The number of aromatic nitrogens is 2. The molecule has 0 saturated heterocycles. The summed E-state index contributed by atoms with van der Waals surface area (Å²) in [5, 5.41) is 13.1. The maximum absolute atomic E-state index is 14.5. The summed E-state index contributed by atoms with van der Waals surface area (Å²) in [6, 6.07) is 10.6. The lowest BCUT2D eigenvalue weighted by Crippen LogP contribution is -2.52. The van der Waals surface area contributed by atoms with E-state index in [1.54, 1.807) is 0 Å². The van der Waals surface area contributed by atoms with Gasteiger partial charge in [-0.25, -0.2) is 13.8 Å². The average Bonchev–Trinajstić information content (AvgIpc) is 3.50. The van der Waals surface area contributed by atoms with E-state index in [1.807, 2.05) is 5.32 Å². The molecule has 4 aromatic rings. The molecule has 1 aliphatic heterocycles. The zero-order chi connectivity index (χ0) is 29.0. The SMILES string of the molecule is C[C@]1(C(N)=O)COc2c1cc([C@@](O)(CNC(=O)c1cc3c(F)cccc3[nH]1)C(F)(F)F)nc2-c1ccc(F)cc1. The summed E-state index contributed by atoms with van der Waals surface area (Å²) in [7, 11) is 0. The van der Waals surface area contributed by atoms with Crippen LogP contribution in [-0.2, 0) is 15.8 Å². The van der Waals surface area contributed by atoms with Gasteiger partial charge in [-0.3, -0.25) is 9.59 Å². The third-order valence-electron chi connectivity index (χ3n) is 6.99. The second kappa shape index (κ2) is 9.30. The Hall–Kier alpha value is -4.52. The van der Waals surface area contributed by atoms with Crippen LogP contribution < -0.4 is 15.8 Å². The maximum atomic E-state index is 14.5. The molecule has 0 unspecified atom stereocenters. The van der Waals surface area contributed by atoms with E-state index in [0.717, 1.165) is 30.3 Å². The molecule has 0 spiro atoms. The first-order chi connectivity index (χ1) is 18.7. The molecule has 5 rings (SSSR count). The zero-order valence-corrected chi connectivity index (χ0v) is 20.7. The van der Waals surface area contributed by atoms with Gasteiger partial charge in [0.2, 0.25) is 11.5 Å². The molecule has 0 aliphatic carbocycles. The summed E-state index contributed by atoms with van der Waals surface area (Å²) >= 11 is 0. The van der Waals surface area contributed by atoms with Gasteiger partial charge >= 0.3 is 6.18 Å². The fourth-order valence-electron chi connectivity index (χ4n) is 4.48. The van der Waals surface area contributed by atoms with Crippen LogP contribution in [0.5, 0.6) is 5.75 Å². The summed E-state index contributed by atoms with van der Waals surface area (Å²) in [6.45, 7) is -0.339. The summed E-state index contributed by atoms with van der Waals surface area (Å²) < 4.78 is 76.7. The molecule has 3 heterocycles. The third-order valence-corrected chi connectivity index (χ3v) is 6.99. The first-order valence-electron chi connectivity index (χ1n) is 11.8. The summed E-state index contributed by atoms with van der Waals surface area (Å²) in [6.07, 6.45) is -5.38. The summed E-state index contributed by atoms with van der Waals surface area (Å²) in [5.41, 5.74) is -0.873. The molecular formula is C27H21F5N4O4. The minimum absolute atomic E-state index is 0.0497. The molecule has 40 heavy (non-hydrogen) atoms. The lowest BCUT2D eigenvalue weighted by molar-refractivity contribution is -0.265. The molecule has 2 atom stereocenters. The van der Waals surface area contributed by atoms with Gasteiger partial charge in [0.15, 0.2) is 0 Å². The fraction of sp³-hybridized carbons (Fsp3) is 0.222. The van der Waals surface area contributed by atoms with E-state index in [9.17, 15) is 36.6 Å². The molecule has 2 amide bonds. The Morgan fingerprint density at radius 2 is 1.85 bits per heavy atom. The van der Waals surface area contributed by atoms with Crippen molar-refractivity contribution in [2.45, 2.75) is 24.1 Å². The van der Waals surface area contributed by atoms with Crippen molar-refractivity contribution in [2.24, 2.45) is 5.73 Å². The minimum atomic E-state index is -5.38. The van der Waals surface area contributed by atoms with Gasteiger partial charge in [-0.05, 0) is 55.5 Å². The summed E-state index contributed by atoms with van der Waals surface area (Å²) in [4.78, 5) is 31.7. The van der Waals surface area contributed by atoms with E-state index in [-0.39, 0.29) is 45.8 Å². The number of fused-ring (bicyclic) bond motifs is 2. The van der Waals surface area contributed by atoms with Crippen molar-refractivity contribution in [1.82, 2.24) is 15.3 Å². The number of amides is 2. The topological polar surface area (TPSA) is 130 Å². The third kappa shape index (κ3) is 4.31. The van der Waals surface area contributed by atoms with Crippen LogP contribution in [0.2, 0.25) is 0 Å². The predicted molar refractivity (Wildman–Crippen MR) is 132 cm³/mol. The van der Waals surface area contributed by atoms with Crippen LogP contribution in [0, 0.1) is 11.6 Å². The maximum Gasteiger partial charge on any atom is 0.424 e. The standard InChI is InChI=1S/C27H21F5N4O4/c1-25(24(33)38)12-40-22-16(25)10-20(36-21(22)13-5-7-14(28)8-6-13)26(39,27(30,31)32)11-34-23(37)19-9-15-17(29)3-2-4-18(15)35-19/h2-10,35,39H,11-12H2,1H3,(H2,33,38)(H,34,37)/t25-,26-/m0/s1. The monoisotopic (exact) mass is 560 g/mol. The van der Waals surface area contributed by atoms with E-state index in [0.29, 0.717) is 0 Å². The quantitative estimate of drug-likeness (QED) is 0.267. The number of halogens is 5. The normalized spacial score (nSPS) is 18.2. The molecule has 0 bridgehead atoms. The Kier molecular flexibility index (Phi) is 6.29. The number of pyridine rings is 1. The number of benzene rings is 2. The van der Waals surface area contributed by atoms with Crippen LogP contribution in [0.3, 0.4) is 0 Å². The number of carbonyl (C=O) groups excluding carboxylic acids is 2. The number of ether oxygens (including phenoxy) is 1. The Morgan fingerprint density at radius 1 is 1.15 bits per heavy atom. The number of hydrogen-bond acceptors (Lipinski definition) is 5. The molecule has 1 aliphatic rings. The number of primary amides is 1. The first kappa shape index (κ1) is 27.1. The molecular weight excluding hydrogens is 539 g/mol. The van der Waals surface area contributed by atoms with E-state index in [1.165, 1.54) is 31.2 Å². The Morgan fingerprint density at radius 3 is 2.48 bits per heavy atom. The number of H-pyrrole nitrogens is 1. The Balaban J connectivity index is 1.59.